The molecule has 3 aromatic rings. The number of carbonyl (C=O) groups excluding carboxylic acids is 2. The number of hydrogen-bond donors (Lipinski definition) is 1. The van der Waals surface area contributed by atoms with Crippen molar-refractivity contribution < 1.29 is 14.3 Å². The van der Waals surface area contributed by atoms with Gasteiger partial charge in [0, 0.05) is 43.3 Å². The van der Waals surface area contributed by atoms with Gasteiger partial charge in [-0.3, -0.25) is 9.59 Å². The summed E-state index contributed by atoms with van der Waals surface area (Å²) in [6.45, 7) is 6.62. The molecule has 1 atom stereocenters. The van der Waals surface area contributed by atoms with Gasteiger partial charge in [-0.1, -0.05) is 12.1 Å². The summed E-state index contributed by atoms with van der Waals surface area (Å²) in [4.78, 5) is 38.6. The van der Waals surface area contributed by atoms with E-state index in [0.717, 1.165) is 59.3 Å². The molecule has 2 amide bonds. The molecule has 6 rings (SSSR count). The number of nitrogens with one attached hydrogen (secondary N) is 1. The van der Waals surface area contributed by atoms with Crippen LogP contribution in [-0.2, 0) is 15.0 Å². The van der Waals surface area contributed by atoms with Gasteiger partial charge in [0.1, 0.15) is 5.52 Å². The van der Waals surface area contributed by atoms with Gasteiger partial charge in [-0.15, -0.1) is 0 Å². The van der Waals surface area contributed by atoms with Crippen molar-refractivity contribution in [2.24, 2.45) is 5.92 Å². The van der Waals surface area contributed by atoms with E-state index in [1.165, 1.54) is 0 Å². The van der Waals surface area contributed by atoms with Gasteiger partial charge in [0.15, 0.2) is 0 Å². The van der Waals surface area contributed by atoms with Crippen molar-refractivity contribution in [2.75, 3.05) is 45.2 Å². The number of amides is 2. The quantitative estimate of drug-likeness (QED) is 0.468. The van der Waals surface area contributed by atoms with E-state index in [1.807, 2.05) is 45.2 Å². The molecule has 4 heterocycles. The smallest absolute Gasteiger partial charge is 0.240 e. The van der Waals surface area contributed by atoms with E-state index in [9.17, 15) is 9.59 Å². The second-order valence-electron chi connectivity index (χ2n) is 11.7. The molecule has 0 radical (unpaired) electrons. The van der Waals surface area contributed by atoms with Crippen molar-refractivity contribution in [2.45, 2.75) is 51.0 Å². The fourth-order valence-electron chi connectivity index (χ4n) is 5.62. The lowest BCUT2D eigenvalue weighted by Gasteiger charge is -2.22. The first kappa shape index (κ1) is 24.9. The number of hydrogen-bond acceptors (Lipinski definition) is 6. The molecule has 1 saturated heterocycles. The van der Waals surface area contributed by atoms with Gasteiger partial charge >= 0.3 is 0 Å². The zero-order valence-electron chi connectivity index (χ0n) is 22.7. The molecule has 1 N–H and O–H groups in total. The molecule has 2 aromatic heterocycles. The van der Waals surface area contributed by atoms with Crippen molar-refractivity contribution >= 4 is 28.5 Å². The van der Waals surface area contributed by atoms with Crippen LogP contribution in [0.3, 0.4) is 0 Å². The van der Waals surface area contributed by atoms with Gasteiger partial charge in [0.25, 0.3) is 0 Å². The molecule has 2 fully saturated rings. The second kappa shape index (κ2) is 9.38. The zero-order chi connectivity index (χ0) is 26.6. The molecule has 200 valence electrons. The van der Waals surface area contributed by atoms with Gasteiger partial charge in [-0.05, 0) is 70.8 Å². The number of likely N-dealkylation sites (N-methyl/N-ethyl adjacent to an activating group) is 1. The van der Waals surface area contributed by atoms with Crippen LogP contribution in [-0.4, -0.2) is 71.6 Å². The Labute approximate surface area is 223 Å². The third-order valence-corrected chi connectivity index (χ3v) is 8.10. The SMILES string of the molecule is CN(C)CCN1C(=O)C(C)(C)c2ccc(-c3cc4ncn(C5CC5)c4c(OCC[C@H]4CNC(=O)C4)n3)cc21. The molecule has 0 unspecified atom stereocenters. The first-order valence-corrected chi connectivity index (χ1v) is 13.6. The molecular weight excluding hydrogens is 480 g/mol. The van der Waals surface area contributed by atoms with E-state index in [4.69, 9.17) is 14.7 Å². The molecule has 1 saturated carbocycles. The third kappa shape index (κ3) is 4.42. The van der Waals surface area contributed by atoms with E-state index in [1.54, 1.807) is 0 Å². The van der Waals surface area contributed by atoms with Gasteiger partial charge in [-0.2, -0.15) is 0 Å². The largest absolute Gasteiger partial charge is 0.476 e. The molecule has 1 aliphatic carbocycles. The average Bonchev–Trinajstić information content (AvgIpc) is 3.45. The molecule has 9 nitrogen and oxygen atoms in total. The molecule has 9 heteroatoms. The monoisotopic (exact) mass is 516 g/mol. The fourth-order valence-corrected chi connectivity index (χ4v) is 5.62. The second-order valence-corrected chi connectivity index (χ2v) is 11.7. The molecule has 38 heavy (non-hydrogen) atoms. The Balaban J connectivity index is 1.35. The Hall–Kier alpha value is -3.46. The minimum absolute atomic E-state index is 0.113. The molecule has 0 bridgehead atoms. The van der Waals surface area contributed by atoms with Crippen LogP contribution in [0, 0.1) is 5.92 Å². The number of carbonyl (C=O) groups is 2. The summed E-state index contributed by atoms with van der Waals surface area (Å²) in [6.07, 6.45) is 5.52. The lowest BCUT2D eigenvalue weighted by atomic mass is 9.85. The maximum Gasteiger partial charge on any atom is 0.240 e. The highest BCUT2D eigenvalue weighted by atomic mass is 16.5. The van der Waals surface area contributed by atoms with E-state index >= 15 is 0 Å². The Bertz CT molecular complexity index is 1410. The van der Waals surface area contributed by atoms with Crippen molar-refractivity contribution in [3.05, 3.63) is 36.2 Å². The highest BCUT2D eigenvalue weighted by Crippen LogP contribution is 2.44. The summed E-state index contributed by atoms with van der Waals surface area (Å²) in [5, 5.41) is 2.90. The fraction of sp³-hybridized carbons (Fsp3) is 0.517. The summed E-state index contributed by atoms with van der Waals surface area (Å²) in [5.41, 5.74) is 4.93. The maximum atomic E-state index is 13.3. The predicted molar refractivity (Wildman–Crippen MR) is 146 cm³/mol. The number of fused-ring (bicyclic) bond motifs is 2. The Morgan fingerprint density at radius 1 is 1.18 bits per heavy atom. The lowest BCUT2D eigenvalue weighted by Crippen LogP contribution is -2.39. The van der Waals surface area contributed by atoms with Crippen LogP contribution in [0.4, 0.5) is 5.69 Å². The number of ether oxygens (including phenoxy) is 1. The van der Waals surface area contributed by atoms with Crippen LogP contribution >= 0.6 is 0 Å². The van der Waals surface area contributed by atoms with Crippen molar-refractivity contribution in [3.63, 3.8) is 0 Å². The standard InChI is InChI=1S/C29H36N6O3/c1-29(2)21-8-5-19(14-24(21)34(28(29)37)11-10-33(3)4)22-15-23-26(35(17-31-23)20-6-7-20)27(32-22)38-12-9-18-13-25(36)30-16-18/h5,8,14-15,17-18,20H,6-7,9-13,16H2,1-4H3,(H,30,36)/t18-/m1/s1. The number of benzene rings is 1. The maximum absolute atomic E-state index is 13.3. The zero-order valence-corrected chi connectivity index (χ0v) is 22.7. The van der Waals surface area contributed by atoms with Gasteiger partial charge in [0.2, 0.25) is 17.7 Å². The minimum Gasteiger partial charge on any atom is -0.476 e. The van der Waals surface area contributed by atoms with Crippen molar-refractivity contribution in [1.82, 2.24) is 24.8 Å². The first-order valence-electron chi connectivity index (χ1n) is 13.6. The summed E-state index contributed by atoms with van der Waals surface area (Å²) >= 11 is 0. The molecule has 0 spiro atoms. The average molecular weight is 517 g/mol. The topological polar surface area (TPSA) is 92.6 Å². The minimum atomic E-state index is -0.564. The number of pyridine rings is 1. The highest BCUT2D eigenvalue weighted by Gasteiger charge is 2.43. The van der Waals surface area contributed by atoms with E-state index in [-0.39, 0.29) is 11.8 Å². The predicted octanol–water partition coefficient (Wildman–Crippen LogP) is 3.52. The molecule has 3 aliphatic rings. The van der Waals surface area contributed by atoms with Gasteiger partial charge in [-0.25, -0.2) is 9.97 Å². The Kier molecular flexibility index (Phi) is 6.13. The molecule has 2 aliphatic heterocycles. The van der Waals surface area contributed by atoms with Crippen molar-refractivity contribution in [1.29, 1.82) is 0 Å². The van der Waals surface area contributed by atoms with Gasteiger partial charge < -0.3 is 24.4 Å². The summed E-state index contributed by atoms with van der Waals surface area (Å²) in [7, 11) is 4.04. The number of nitrogens with zero attached hydrogens (tertiary/aromatic N) is 5. The van der Waals surface area contributed by atoms with Crippen molar-refractivity contribution in [3.8, 4) is 17.1 Å². The summed E-state index contributed by atoms with van der Waals surface area (Å²) in [6, 6.07) is 8.68. The number of rotatable bonds is 9. The van der Waals surface area contributed by atoms with E-state index in [0.29, 0.717) is 44.0 Å². The molecule has 1 aromatic carbocycles. The normalized spacial score (nSPS) is 20.4. The van der Waals surface area contributed by atoms with Crippen LogP contribution in [0.5, 0.6) is 5.88 Å². The third-order valence-electron chi connectivity index (χ3n) is 8.10. The number of aromatic nitrogens is 3. The Morgan fingerprint density at radius 3 is 2.71 bits per heavy atom. The Morgan fingerprint density at radius 2 is 2.00 bits per heavy atom. The number of imidazole rings is 1. The summed E-state index contributed by atoms with van der Waals surface area (Å²) in [5.74, 6) is 1.12. The number of anilines is 1. The highest BCUT2D eigenvalue weighted by molar-refractivity contribution is 6.08. The van der Waals surface area contributed by atoms with Gasteiger partial charge in [0.05, 0.1) is 29.6 Å². The lowest BCUT2D eigenvalue weighted by molar-refractivity contribution is -0.122. The molecular formula is C29H36N6O3. The van der Waals surface area contributed by atoms with Crippen LogP contribution in [0.25, 0.3) is 22.3 Å². The van der Waals surface area contributed by atoms with Crippen LogP contribution in [0.15, 0.2) is 30.6 Å². The van der Waals surface area contributed by atoms with E-state index in [2.05, 4.69) is 33.0 Å². The van der Waals surface area contributed by atoms with Crippen LogP contribution in [0.1, 0.15) is 51.1 Å². The first-order chi connectivity index (χ1) is 18.2. The van der Waals surface area contributed by atoms with E-state index < -0.39 is 5.41 Å². The van der Waals surface area contributed by atoms with Crippen LogP contribution < -0.4 is 15.0 Å². The summed E-state index contributed by atoms with van der Waals surface area (Å²) < 4.78 is 8.49. The van der Waals surface area contributed by atoms with Crippen LogP contribution in [0.2, 0.25) is 0 Å².